The summed E-state index contributed by atoms with van der Waals surface area (Å²) in [5, 5.41) is 3.89. The zero-order valence-corrected chi connectivity index (χ0v) is 15.4. The minimum absolute atomic E-state index is 0. The molecule has 3 rings (SSSR count). The van der Waals surface area contributed by atoms with Crippen molar-refractivity contribution in [2.45, 2.75) is 24.4 Å². The summed E-state index contributed by atoms with van der Waals surface area (Å²) < 4.78 is 31.9. The molecule has 1 aliphatic rings. The van der Waals surface area contributed by atoms with Crippen LogP contribution in [0.15, 0.2) is 39.8 Å². The number of sulfonamides is 1. The highest BCUT2D eigenvalue weighted by atomic mass is 35.5. The van der Waals surface area contributed by atoms with Crippen molar-refractivity contribution >= 4 is 22.4 Å². The van der Waals surface area contributed by atoms with Crippen LogP contribution in [-0.2, 0) is 23.1 Å². The van der Waals surface area contributed by atoms with Crippen molar-refractivity contribution in [1.29, 1.82) is 0 Å². The van der Waals surface area contributed by atoms with E-state index in [0.717, 1.165) is 13.0 Å². The van der Waals surface area contributed by atoms with Crippen LogP contribution in [0.3, 0.4) is 0 Å². The molecule has 1 aliphatic heterocycles. The van der Waals surface area contributed by atoms with Gasteiger partial charge in [0.15, 0.2) is 5.82 Å². The lowest BCUT2D eigenvalue weighted by atomic mass is 10.4. The number of nitrogens with zero attached hydrogens (tertiary/aromatic N) is 4. The van der Waals surface area contributed by atoms with E-state index in [9.17, 15) is 8.42 Å². The minimum Gasteiger partial charge on any atom is -0.338 e. The smallest absolute Gasteiger partial charge is 0.243 e. The van der Waals surface area contributed by atoms with Gasteiger partial charge in [0.25, 0.3) is 0 Å². The Morgan fingerprint density at radius 3 is 2.56 bits per heavy atom. The van der Waals surface area contributed by atoms with Crippen LogP contribution in [0.5, 0.6) is 0 Å². The van der Waals surface area contributed by atoms with Gasteiger partial charge in [-0.1, -0.05) is 23.4 Å². The summed E-state index contributed by atoms with van der Waals surface area (Å²) in [6.45, 7) is 3.11. The van der Waals surface area contributed by atoms with E-state index >= 15 is 0 Å². The van der Waals surface area contributed by atoms with Gasteiger partial charge < -0.3 is 10.3 Å². The third kappa shape index (κ3) is 4.77. The van der Waals surface area contributed by atoms with Crippen LogP contribution in [0.25, 0.3) is 0 Å². The maximum Gasteiger partial charge on any atom is 0.243 e. The van der Waals surface area contributed by atoms with Crippen LogP contribution >= 0.6 is 12.4 Å². The van der Waals surface area contributed by atoms with Gasteiger partial charge in [-0.05, 0) is 25.1 Å². The SMILES string of the molecule is Cl.NCc1nc(CN2CCCN(S(=O)(=O)c3ccccc3)CC2)no1. The summed E-state index contributed by atoms with van der Waals surface area (Å²) in [5.41, 5.74) is 5.46. The first-order chi connectivity index (χ1) is 11.6. The standard InChI is InChI=1S/C15H21N5O3S.ClH/c16-11-15-17-14(18-23-15)12-19-7-4-8-20(10-9-19)24(21,22)13-5-2-1-3-6-13;/h1-3,5-6H,4,7-12,16H2;1H. The average molecular weight is 388 g/mol. The Morgan fingerprint density at radius 2 is 1.88 bits per heavy atom. The van der Waals surface area contributed by atoms with E-state index in [0.29, 0.717) is 42.8 Å². The molecule has 0 bridgehead atoms. The monoisotopic (exact) mass is 387 g/mol. The molecule has 0 saturated carbocycles. The molecule has 0 radical (unpaired) electrons. The number of hydrogen-bond donors (Lipinski definition) is 1. The average Bonchev–Trinajstić information content (AvgIpc) is 2.92. The van der Waals surface area contributed by atoms with Crippen molar-refractivity contribution < 1.29 is 12.9 Å². The van der Waals surface area contributed by atoms with Gasteiger partial charge in [-0.25, -0.2) is 8.42 Å². The van der Waals surface area contributed by atoms with E-state index in [-0.39, 0.29) is 19.0 Å². The van der Waals surface area contributed by atoms with E-state index < -0.39 is 10.0 Å². The van der Waals surface area contributed by atoms with E-state index in [1.807, 2.05) is 6.07 Å². The predicted octanol–water partition coefficient (Wildman–Crippen LogP) is 0.847. The zero-order chi connectivity index (χ0) is 17.0. The molecule has 0 amide bonds. The summed E-state index contributed by atoms with van der Waals surface area (Å²) in [6.07, 6.45) is 0.758. The molecule has 8 nitrogen and oxygen atoms in total. The first-order valence-electron chi connectivity index (χ1n) is 7.88. The van der Waals surface area contributed by atoms with Crippen LogP contribution < -0.4 is 5.73 Å². The summed E-state index contributed by atoms with van der Waals surface area (Å²) in [6, 6.07) is 8.55. The third-order valence-corrected chi connectivity index (χ3v) is 5.89. The largest absolute Gasteiger partial charge is 0.338 e. The lowest BCUT2D eigenvalue weighted by Crippen LogP contribution is -2.35. The maximum absolute atomic E-state index is 12.7. The number of hydrogen-bond acceptors (Lipinski definition) is 7. The summed E-state index contributed by atoms with van der Waals surface area (Å²) >= 11 is 0. The van der Waals surface area contributed by atoms with Crippen molar-refractivity contribution in [1.82, 2.24) is 19.3 Å². The molecule has 0 spiro atoms. The van der Waals surface area contributed by atoms with Crippen LogP contribution in [0.1, 0.15) is 18.1 Å². The summed E-state index contributed by atoms with van der Waals surface area (Å²) in [4.78, 5) is 6.66. The molecule has 138 valence electrons. The topological polar surface area (TPSA) is 106 Å². The lowest BCUT2D eigenvalue weighted by molar-refractivity contribution is 0.266. The Bertz CT molecular complexity index is 768. The molecule has 2 aromatic rings. The second kappa shape index (κ2) is 8.72. The van der Waals surface area contributed by atoms with Gasteiger partial charge in [-0.15, -0.1) is 12.4 Å². The van der Waals surface area contributed by atoms with Gasteiger partial charge in [-0.3, -0.25) is 4.90 Å². The van der Waals surface area contributed by atoms with E-state index in [2.05, 4.69) is 15.0 Å². The quantitative estimate of drug-likeness (QED) is 0.810. The number of nitrogens with two attached hydrogens (primary N) is 1. The molecule has 0 unspecified atom stereocenters. The van der Waals surface area contributed by atoms with Crippen LogP contribution in [0.4, 0.5) is 0 Å². The molecule has 0 aliphatic carbocycles. The second-order valence-corrected chi connectivity index (χ2v) is 7.59. The summed E-state index contributed by atoms with van der Waals surface area (Å²) in [7, 11) is -3.44. The molecular weight excluding hydrogens is 366 g/mol. The van der Waals surface area contributed by atoms with Gasteiger partial charge >= 0.3 is 0 Å². The highest BCUT2D eigenvalue weighted by Crippen LogP contribution is 2.17. The zero-order valence-electron chi connectivity index (χ0n) is 13.7. The predicted molar refractivity (Wildman–Crippen MR) is 94.5 cm³/mol. The fourth-order valence-electron chi connectivity index (χ4n) is 2.72. The molecule has 1 fully saturated rings. The van der Waals surface area contributed by atoms with Gasteiger partial charge in [0.05, 0.1) is 18.0 Å². The van der Waals surface area contributed by atoms with Gasteiger partial charge in [0.1, 0.15) is 0 Å². The number of halogens is 1. The molecule has 10 heteroatoms. The number of aromatic nitrogens is 2. The van der Waals surface area contributed by atoms with E-state index in [1.165, 1.54) is 0 Å². The Balaban J connectivity index is 0.00000225. The van der Waals surface area contributed by atoms with Crippen molar-refractivity contribution in [2.75, 3.05) is 26.2 Å². The van der Waals surface area contributed by atoms with Crippen LogP contribution in [-0.4, -0.2) is 53.9 Å². The third-order valence-electron chi connectivity index (χ3n) is 3.98. The van der Waals surface area contributed by atoms with Crippen molar-refractivity contribution in [3.05, 3.63) is 42.0 Å². The molecule has 25 heavy (non-hydrogen) atoms. The number of benzene rings is 1. The van der Waals surface area contributed by atoms with Crippen LogP contribution in [0.2, 0.25) is 0 Å². The van der Waals surface area contributed by atoms with Gasteiger partial charge in [-0.2, -0.15) is 9.29 Å². The van der Waals surface area contributed by atoms with Crippen molar-refractivity contribution in [3.63, 3.8) is 0 Å². The highest BCUT2D eigenvalue weighted by Gasteiger charge is 2.27. The Hall–Kier alpha value is -1.52. The van der Waals surface area contributed by atoms with Crippen molar-refractivity contribution in [3.8, 4) is 0 Å². The normalized spacial score (nSPS) is 17.0. The first-order valence-corrected chi connectivity index (χ1v) is 9.32. The second-order valence-electron chi connectivity index (χ2n) is 5.66. The molecule has 1 aromatic heterocycles. The van der Waals surface area contributed by atoms with E-state index in [1.54, 1.807) is 28.6 Å². The van der Waals surface area contributed by atoms with Crippen LogP contribution in [0, 0.1) is 0 Å². The maximum atomic E-state index is 12.7. The molecule has 1 aromatic carbocycles. The summed E-state index contributed by atoms with van der Waals surface area (Å²) in [5.74, 6) is 0.989. The fraction of sp³-hybridized carbons (Fsp3) is 0.467. The highest BCUT2D eigenvalue weighted by molar-refractivity contribution is 7.89. The molecule has 2 N–H and O–H groups in total. The minimum atomic E-state index is -3.44. The van der Waals surface area contributed by atoms with Gasteiger partial charge in [0, 0.05) is 19.6 Å². The molecule has 1 saturated heterocycles. The number of rotatable bonds is 5. The Labute approximate surface area is 153 Å². The molecule has 0 atom stereocenters. The van der Waals surface area contributed by atoms with Crippen molar-refractivity contribution in [2.24, 2.45) is 5.73 Å². The Kier molecular flexibility index (Phi) is 6.91. The first kappa shape index (κ1) is 19.8. The molecule has 2 heterocycles. The van der Waals surface area contributed by atoms with Gasteiger partial charge in [0.2, 0.25) is 15.9 Å². The molecular formula is C15H22ClN5O3S. The fourth-order valence-corrected chi connectivity index (χ4v) is 4.22. The lowest BCUT2D eigenvalue weighted by Gasteiger charge is -2.21. The van der Waals surface area contributed by atoms with E-state index in [4.69, 9.17) is 10.3 Å². The Morgan fingerprint density at radius 1 is 1.12 bits per heavy atom.